The Morgan fingerprint density at radius 3 is 2.00 bits per heavy atom. The van der Waals surface area contributed by atoms with Crippen LogP contribution in [0.3, 0.4) is 0 Å². The molecule has 0 rings (SSSR count). The lowest BCUT2D eigenvalue weighted by molar-refractivity contribution is -0.140. The Balaban J connectivity index is 4.58. The second-order valence-electron chi connectivity index (χ2n) is 4.27. The molecule has 5 heteroatoms. The fourth-order valence-electron chi connectivity index (χ4n) is 1.46. The van der Waals surface area contributed by atoms with Crippen molar-refractivity contribution in [3.8, 4) is 0 Å². The second kappa shape index (κ2) is 8.47. The van der Waals surface area contributed by atoms with Crippen LogP contribution in [0, 0.1) is 0 Å². The summed E-state index contributed by atoms with van der Waals surface area (Å²) in [5.74, 6) is -1.06. The van der Waals surface area contributed by atoms with Crippen LogP contribution in [0.25, 0.3) is 0 Å². The lowest BCUT2D eigenvalue weighted by Crippen LogP contribution is -2.45. The Hall–Kier alpha value is -1.62. The quantitative estimate of drug-likeness (QED) is 0.623. The first-order valence-corrected chi connectivity index (χ1v) is 5.87. The van der Waals surface area contributed by atoms with E-state index in [9.17, 15) is 9.59 Å². The van der Waals surface area contributed by atoms with Crippen LogP contribution in [-0.4, -0.2) is 59.0 Å². The van der Waals surface area contributed by atoms with Crippen LogP contribution in [0.4, 0.5) is 0 Å². The van der Waals surface area contributed by atoms with Crippen molar-refractivity contribution in [3.05, 3.63) is 25.3 Å². The van der Waals surface area contributed by atoms with Gasteiger partial charge in [-0.15, -0.1) is 13.2 Å². The van der Waals surface area contributed by atoms with E-state index in [1.165, 1.54) is 0 Å². The highest BCUT2D eigenvalue weighted by molar-refractivity contribution is 5.79. The molecule has 0 spiro atoms. The Morgan fingerprint density at radius 2 is 1.67 bits per heavy atom. The maximum atomic E-state index is 12.0. The summed E-state index contributed by atoms with van der Waals surface area (Å²) in [4.78, 5) is 25.9. The van der Waals surface area contributed by atoms with Crippen LogP contribution >= 0.6 is 0 Å². The molecule has 102 valence electrons. The lowest BCUT2D eigenvalue weighted by atomic mass is 10.3. The van der Waals surface area contributed by atoms with Crippen LogP contribution in [0.1, 0.15) is 13.8 Å². The minimum absolute atomic E-state index is 0.000591. The number of hydrogen-bond acceptors (Lipinski definition) is 3. The molecule has 1 amide bonds. The van der Waals surface area contributed by atoms with E-state index in [1.807, 2.05) is 13.8 Å². The van der Waals surface area contributed by atoms with Crippen LogP contribution in [0.2, 0.25) is 0 Å². The van der Waals surface area contributed by atoms with Gasteiger partial charge < -0.3 is 10.0 Å². The summed E-state index contributed by atoms with van der Waals surface area (Å²) in [6, 6.07) is -0.000591. The molecule has 0 aliphatic carbocycles. The molecule has 0 unspecified atom stereocenters. The average molecular weight is 254 g/mol. The molecule has 0 heterocycles. The van der Waals surface area contributed by atoms with E-state index in [4.69, 9.17) is 5.11 Å². The number of rotatable bonds is 9. The molecule has 18 heavy (non-hydrogen) atoms. The molecule has 0 saturated carbocycles. The SMILES string of the molecule is C=CCN(CC=C)C(=O)CN(CC(=O)O)C(C)C. The molecule has 5 nitrogen and oxygen atoms in total. The van der Waals surface area contributed by atoms with E-state index in [-0.39, 0.29) is 25.0 Å². The summed E-state index contributed by atoms with van der Waals surface area (Å²) in [6.07, 6.45) is 3.27. The van der Waals surface area contributed by atoms with E-state index >= 15 is 0 Å². The fraction of sp³-hybridized carbons (Fsp3) is 0.538. The van der Waals surface area contributed by atoms with E-state index in [0.29, 0.717) is 13.1 Å². The van der Waals surface area contributed by atoms with Gasteiger partial charge in [0.05, 0.1) is 13.1 Å². The molecule has 0 atom stereocenters. The average Bonchev–Trinajstić information content (AvgIpc) is 2.27. The van der Waals surface area contributed by atoms with Crippen LogP contribution in [-0.2, 0) is 9.59 Å². The fourth-order valence-corrected chi connectivity index (χ4v) is 1.46. The molecule has 0 aliphatic heterocycles. The molecule has 0 aromatic carbocycles. The molecule has 0 radical (unpaired) electrons. The van der Waals surface area contributed by atoms with Gasteiger partial charge in [-0.05, 0) is 13.8 Å². The molecule has 0 aromatic heterocycles. The topological polar surface area (TPSA) is 60.9 Å². The van der Waals surface area contributed by atoms with E-state index in [2.05, 4.69) is 13.2 Å². The molecular weight excluding hydrogens is 232 g/mol. The van der Waals surface area contributed by atoms with Gasteiger partial charge in [-0.1, -0.05) is 12.2 Å². The minimum atomic E-state index is -0.935. The zero-order valence-corrected chi connectivity index (χ0v) is 11.1. The summed E-state index contributed by atoms with van der Waals surface area (Å²) in [7, 11) is 0. The standard InChI is InChI=1S/C13H22N2O3/c1-5-7-14(8-6-2)12(16)9-15(11(3)4)10-13(17)18/h5-6,11H,1-2,7-10H2,3-4H3,(H,17,18). The zero-order valence-electron chi connectivity index (χ0n) is 11.1. The molecule has 0 saturated heterocycles. The van der Waals surface area contributed by atoms with Gasteiger partial charge in [-0.25, -0.2) is 0 Å². The van der Waals surface area contributed by atoms with Gasteiger partial charge in [0.15, 0.2) is 0 Å². The molecule has 0 bridgehead atoms. The van der Waals surface area contributed by atoms with Crippen LogP contribution in [0.5, 0.6) is 0 Å². The first kappa shape index (κ1) is 16.4. The zero-order chi connectivity index (χ0) is 14.1. The summed E-state index contributed by atoms with van der Waals surface area (Å²) in [5.41, 5.74) is 0. The third-order valence-corrected chi connectivity index (χ3v) is 2.46. The highest BCUT2D eigenvalue weighted by Gasteiger charge is 2.19. The van der Waals surface area contributed by atoms with Gasteiger partial charge in [0.25, 0.3) is 0 Å². The van der Waals surface area contributed by atoms with Gasteiger partial charge in [-0.2, -0.15) is 0 Å². The number of hydrogen-bond donors (Lipinski definition) is 1. The highest BCUT2D eigenvalue weighted by atomic mass is 16.4. The lowest BCUT2D eigenvalue weighted by Gasteiger charge is -2.27. The predicted molar refractivity (Wildman–Crippen MR) is 71.3 cm³/mol. The maximum absolute atomic E-state index is 12.0. The Bertz CT molecular complexity index is 303. The van der Waals surface area contributed by atoms with Gasteiger partial charge >= 0.3 is 5.97 Å². The number of carbonyl (C=O) groups is 2. The summed E-state index contributed by atoms with van der Waals surface area (Å²) in [6.45, 7) is 11.7. The number of carboxylic acids is 1. The van der Waals surface area contributed by atoms with Gasteiger partial charge in [0, 0.05) is 19.1 Å². The molecule has 1 N–H and O–H groups in total. The Morgan fingerprint density at radius 1 is 1.17 bits per heavy atom. The Labute approximate surface area is 108 Å². The van der Waals surface area contributed by atoms with Crippen molar-refractivity contribution in [2.75, 3.05) is 26.2 Å². The number of amides is 1. The van der Waals surface area contributed by atoms with Crippen molar-refractivity contribution < 1.29 is 14.7 Å². The Kier molecular flexibility index (Phi) is 7.71. The number of carboxylic acid groups (broad SMARTS) is 1. The molecule has 0 aliphatic rings. The van der Waals surface area contributed by atoms with Crippen LogP contribution < -0.4 is 0 Å². The first-order valence-electron chi connectivity index (χ1n) is 5.87. The van der Waals surface area contributed by atoms with Crippen molar-refractivity contribution in [1.29, 1.82) is 0 Å². The monoisotopic (exact) mass is 254 g/mol. The van der Waals surface area contributed by atoms with Gasteiger partial charge in [0.2, 0.25) is 5.91 Å². The van der Waals surface area contributed by atoms with Gasteiger partial charge in [0.1, 0.15) is 0 Å². The van der Waals surface area contributed by atoms with Crippen molar-refractivity contribution in [3.63, 3.8) is 0 Å². The van der Waals surface area contributed by atoms with Gasteiger partial charge in [-0.3, -0.25) is 14.5 Å². The van der Waals surface area contributed by atoms with E-state index in [1.54, 1.807) is 22.0 Å². The van der Waals surface area contributed by atoms with E-state index < -0.39 is 5.97 Å². The predicted octanol–water partition coefficient (Wildman–Crippen LogP) is 0.982. The molecule has 0 aromatic rings. The van der Waals surface area contributed by atoms with Crippen LogP contribution in [0.15, 0.2) is 25.3 Å². The molecule has 0 fully saturated rings. The van der Waals surface area contributed by atoms with Crippen molar-refractivity contribution in [2.24, 2.45) is 0 Å². The van der Waals surface area contributed by atoms with E-state index in [0.717, 1.165) is 0 Å². The van der Waals surface area contributed by atoms with Crippen molar-refractivity contribution in [1.82, 2.24) is 9.80 Å². The third kappa shape index (κ3) is 6.20. The minimum Gasteiger partial charge on any atom is -0.480 e. The first-order chi connectivity index (χ1) is 8.42. The summed E-state index contributed by atoms with van der Waals surface area (Å²) < 4.78 is 0. The largest absolute Gasteiger partial charge is 0.480 e. The smallest absolute Gasteiger partial charge is 0.317 e. The highest BCUT2D eigenvalue weighted by Crippen LogP contribution is 2.01. The summed E-state index contributed by atoms with van der Waals surface area (Å²) in [5, 5.41) is 8.79. The summed E-state index contributed by atoms with van der Waals surface area (Å²) >= 11 is 0. The normalized spacial score (nSPS) is 10.4. The number of nitrogens with zero attached hydrogens (tertiary/aromatic N) is 2. The second-order valence-corrected chi connectivity index (χ2v) is 4.27. The number of aliphatic carboxylic acids is 1. The molecular formula is C13H22N2O3. The van der Waals surface area contributed by atoms with Crippen molar-refractivity contribution >= 4 is 11.9 Å². The third-order valence-electron chi connectivity index (χ3n) is 2.46. The van der Waals surface area contributed by atoms with Crippen molar-refractivity contribution in [2.45, 2.75) is 19.9 Å². The maximum Gasteiger partial charge on any atom is 0.317 e. The number of carbonyl (C=O) groups excluding carboxylic acids is 1.